The molecule has 0 fully saturated rings. The van der Waals surface area contributed by atoms with Gasteiger partial charge in [-0.15, -0.1) is 0 Å². The Kier molecular flexibility index (Phi) is 14.4. The summed E-state index contributed by atoms with van der Waals surface area (Å²) in [4.78, 5) is 62.2. The van der Waals surface area contributed by atoms with Crippen molar-refractivity contribution in [3.05, 3.63) is 35.9 Å². The second-order valence-corrected chi connectivity index (χ2v) is 11.6. The first kappa shape index (κ1) is 33.8. The topological polar surface area (TPSA) is 145 Å². The maximum atomic E-state index is 13.2. The van der Waals surface area contributed by atoms with Crippen molar-refractivity contribution in [3.8, 4) is 0 Å². The molecule has 1 aromatic rings. The Morgan fingerprint density at radius 3 is 2.05 bits per heavy atom. The number of benzene rings is 1. The van der Waals surface area contributed by atoms with Crippen molar-refractivity contribution in [2.75, 3.05) is 0 Å². The minimum absolute atomic E-state index is 0.0595. The Labute approximate surface area is 233 Å². The highest BCUT2D eigenvalue weighted by molar-refractivity contribution is 5.93. The summed E-state index contributed by atoms with van der Waals surface area (Å²) >= 11 is 0. The molecule has 0 radical (unpaired) electrons. The summed E-state index contributed by atoms with van der Waals surface area (Å²) in [5.74, 6) is -2.46. The Hall–Kier alpha value is -3.23. The van der Waals surface area contributed by atoms with Gasteiger partial charge in [0.2, 0.25) is 17.7 Å². The van der Waals surface area contributed by atoms with E-state index in [0.29, 0.717) is 38.5 Å². The zero-order valence-electron chi connectivity index (χ0n) is 24.4. The van der Waals surface area contributed by atoms with Crippen LogP contribution in [-0.2, 0) is 35.1 Å². The molecule has 218 valence electrons. The summed E-state index contributed by atoms with van der Waals surface area (Å²) in [5, 5.41) is 5.52. The number of nitrogens with one attached hydrogen (secondary N) is 2. The van der Waals surface area contributed by atoms with Crippen molar-refractivity contribution in [2.24, 2.45) is 17.6 Å². The van der Waals surface area contributed by atoms with Crippen LogP contribution in [0.2, 0.25) is 0 Å². The number of nitrogens with two attached hydrogens (primary N) is 1. The summed E-state index contributed by atoms with van der Waals surface area (Å²) in [5.41, 5.74) is 5.94. The van der Waals surface area contributed by atoms with Gasteiger partial charge in [-0.05, 0) is 64.9 Å². The van der Waals surface area contributed by atoms with Crippen LogP contribution in [0.3, 0.4) is 0 Å². The second-order valence-electron chi connectivity index (χ2n) is 11.6. The molecular weight excluding hydrogens is 498 g/mol. The summed E-state index contributed by atoms with van der Waals surface area (Å²) in [6.07, 6.45) is 3.22. The smallest absolute Gasteiger partial charge is 0.306 e. The summed E-state index contributed by atoms with van der Waals surface area (Å²) in [6, 6.07) is 7.62. The third kappa shape index (κ3) is 15.1. The molecular formula is C30H47N3O6. The van der Waals surface area contributed by atoms with E-state index in [1.165, 1.54) is 6.92 Å². The average molecular weight is 546 g/mol. The van der Waals surface area contributed by atoms with E-state index >= 15 is 0 Å². The molecule has 9 nitrogen and oxygen atoms in total. The molecule has 0 aliphatic heterocycles. The lowest BCUT2D eigenvalue weighted by atomic mass is 9.92. The van der Waals surface area contributed by atoms with E-state index in [-0.39, 0.29) is 36.4 Å². The molecule has 3 amide bonds. The van der Waals surface area contributed by atoms with Crippen LogP contribution in [0.5, 0.6) is 0 Å². The molecule has 39 heavy (non-hydrogen) atoms. The maximum absolute atomic E-state index is 13.2. The van der Waals surface area contributed by atoms with Crippen molar-refractivity contribution in [1.29, 1.82) is 0 Å². The van der Waals surface area contributed by atoms with Gasteiger partial charge in [0.05, 0.1) is 0 Å². The zero-order chi connectivity index (χ0) is 29.6. The van der Waals surface area contributed by atoms with Crippen LogP contribution in [0.25, 0.3) is 0 Å². The van der Waals surface area contributed by atoms with Crippen molar-refractivity contribution >= 4 is 29.5 Å². The molecule has 0 aliphatic carbocycles. The molecule has 0 bridgehead atoms. The van der Waals surface area contributed by atoms with E-state index in [1.54, 1.807) is 0 Å². The molecule has 0 aromatic heterocycles. The fourth-order valence-electron chi connectivity index (χ4n) is 4.24. The third-order valence-corrected chi connectivity index (χ3v) is 6.02. The van der Waals surface area contributed by atoms with E-state index in [1.807, 2.05) is 65.0 Å². The number of hydrogen-bond donors (Lipinski definition) is 3. The normalized spacial score (nSPS) is 13.7. The van der Waals surface area contributed by atoms with Gasteiger partial charge in [0.25, 0.3) is 0 Å². The lowest BCUT2D eigenvalue weighted by Gasteiger charge is -2.25. The van der Waals surface area contributed by atoms with Crippen LogP contribution < -0.4 is 16.4 Å². The predicted octanol–water partition coefficient (Wildman–Crippen LogP) is 3.62. The Morgan fingerprint density at radius 2 is 1.51 bits per heavy atom. The fraction of sp³-hybridized carbons (Fsp3) is 0.633. The number of amides is 3. The summed E-state index contributed by atoms with van der Waals surface area (Å²) < 4.78 is 5.29. The zero-order valence-corrected chi connectivity index (χ0v) is 24.4. The average Bonchev–Trinajstić information content (AvgIpc) is 2.80. The number of unbranched alkanes of at least 4 members (excludes halogenated alkanes) is 2. The van der Waals surface area contributed by atoms with Gasteiger partial charge >= 0.3 is 5.97 Å². The minimum atomic E-state index is -0.900. The van der Waals surface area contributed by atoms with Gasteiger partial charge in [-0.25, -0.2) is 0 Å². The highest BCUT2D eigenvalue weighted by atomic mass is 16.6. The van der Waals surface area contributed by atoms with Crippen LogP contribution in [-0.4, -0.2) is 47.2 Å². The van der Waals surface area contributed by atoms with Gasteiger partial charge in [-0.2, -0.15) is 0 Å². The minimum Gasteiger partial charge on any atom is -0.460 e. The lowest BCUT2D eigenvalue weighted by molar-refractivity contribution is -0.155. The van der Waals surface area contributed by atoms with E-state index in [9.17, 15) is 24.0 Å². The predicted molar refractivity (Wildman–Crippen MR) is 150 cm³/mol. The van der Waals surface area contributed by atoms with Crippen LogP contribution in [0.15, 0.2) is 30.3 Å². The molecule has 3 atom stereocenters. The maximum Gasteiger partial charge on any atom is 0.306 e. The number of ketones is 1. The van der Waals surface area contributed by atoms with Gasteiger partial charge in [-0.1, -0.05) is 57.0 Å². The Morgan fingerprint density at radius 1 is 0.897 bits per heavy atom. The van der Waals surface area contributed by atoms with Gasteiger partial charge < -0.3 is 25.9 Å². The first-order valence-electron chi connectivity index (χ1n) is 13.8. The standard InChI is InChI=1S/C30H47N3O6/c1-20(2)17-25(33-28(37)23(18-21(3)34)19-22-13-9-7-10-14-22)29(38)32-24(27(31)36)15-11-8-12-16-26(35)39-30(4,5)6/h7,9-10,13-14,20,23-25H,8,11-12,15-19H2,1-6H3,(H2,31,36)(H,32,38)(H,33,37)/t23-,24-,25-/m0/s1. The highest BCUT2D eigenvalue weighted by Gasteiger charge is 2.29. The highest BCUT2D eigenvalue weighted by Crippen LogP contribution is 2.16. The van der Waals surface area contributed by atoms with Gasteiger partial charge in [0.1, 0.15) is 23.5 Å². The van der Waals surface area contributed by atoms with Gasteiger partial charge in [0, 0.05) is 18.8 Å². The Balaban J connectivity index is 2.77. The quantitative estimate of drug-likeness (QED) is 0.201. The van der Waals surface area contributed by atoms with Gasteiger partial charge in [-0.3, -0.25) is 19.2 Å². The van der Waals surface area contributed by atoms with E-state index in [4.69, 9.17) is 10.5 Å². The van der Waals surface area contributed by atoms with Crippen molar-refractivity contribution in [2.45, 2.75) is 111 Å². The van der Waals surface area contributed by atoms with Crippen LogP contribution in [0.4, 0.5) is 0 Å². The first-order chi connectivity index (χ1) is 18.2. The second kappa shape index (κ2) is 16.7. The largest absolute Gasteiger partial charge is 0.460 e. The summed E-state index contributed by atoms with van der Waals surface area (Å²) in [6.45, 7) is 10.7. The molecule has 1 aromatic carbocycles. The molecule has 1 rings (SSSR count). The van der Waals surface area contributed by atoms with Crippen LogP contribution in [0, 0.1) is 11.8 Å². The molecule has 0 unspecified atom stereocenters. The molecule has 0 saturated carbocycles. The van der Waals surface area contributed by atoms with E-state index < -0.39 is 35.4 Å². The third-order valence-electron chi connectivity index (χ3n) is 6.02. The SMILES string of the molecule is CC(=O)C[C@@H](Cc1ccccc1)C(=O)N[C@@H](CC(C)C)C(=O)N[C@@H](CCCCCC(=O)OC(C)(C)C)C(N)=O. The van der Waals surface area contributed by atoms with Gasteiger partial charge in [0.15, 0.2) is 0 Å². The molecule has 9 heteroatoms. The molecule has 0 heterocycles. The number of Topliss-reactive ketones (excluding diaryl/α,β-unsaturated/α-hetero) is 1. The van der Waals surface area contributed by atoms with E-state index in [2.05, 4.69) is 10.6 Å². The first-order valence-corrected chi connectivity index (χ1v) is 13.8. The monoisotopic (exact) mass is 545 g/mol. The van der Waals surface area contributed by atoms with Crippen molar-refractivity contribution in [1.82, 2.24) is 10.6 Å². The number of rotatable bonds is 17. The fourth-order valence-corrected chi connectivity index (χ4v) is 4.24. The van der Waals surface area contributed by atoms with Crippen molar-refractivity contribution in [3.63, 3.8) is 0 Å². The van der Waals surface area contributed by atoms with Crippen LogP contribution in [0.1, 0.15) is 92.1 Å². The van der Waals surface area contributed by atoms with Crippen LogP contribution >= 0.6 is 0 Å². The number of primary amides is 1. The number of ether oxygens (including phenoxy) is 1. The molecule has 0 aliphatic rings. The number of esters is 1. The number of carbonyl (C=O) groups excluding carboxylic acids is 5. The lowest BCUT2D eigenvalue weighted by Crippen LogP contribution is -2.54. The number of carbonyl (C=O) groups is 5. The molecule has 0 spiro atoms. The Bertz CT molecular complexity index is 955. The number of hydrogen-bond acceptors (Lipinski definition) is 6. The van der Waals surface area contributed by atoms with E-state index in [0.717, 1.165) is 5.56 Å². The molecule has 0 saturated heterocycles. The molecule has 4 N–H and O–H groups in total. The summed E-state index contributed by atoms with van der Waals surface area (Å²) in [7, 11) is 0. The van der Waals surface area contributed by atoms with Crippen molar-refractivity contribution < 1.29 is 28.7 Å².